The molecule has 1 aromatic heterocycles. The number of nitrogens with one attached hydrogen (secondary N) is 1. The molecule has 0 spiro atoms. The maximum absolute atomic E-state index is 13.6. The van der Waals surface area contributed by atoms with Crippen LogP contribution in [0, 0.1) is 5.82 Å². The van der Waals surface area contributed by atoms with E-state index in [1.807, 2.05) is 6.07 Å². The van der Waals surface area contributed by atoms with E-state index in [9.17, 15) is 9.18 Å². The third-order valence-electron chi connectivity index (χ3n) is 4.49. The molecule has 146 valence electrons. The van der Waals surface area contributed by atoms with Gasteiger partial charge in [-0.1, -0.05) is 29.8 Å². The van der Waals surface area contributed by atoms with Gasteiger partial charge in [-0.25, -0.2) is 14.4 Å². The van der Waals surface area contributed by atoms with Gasteiger partial charge in [0.1, 0.15) is 17.7 Å². The fourth-order valence-electron chi connectivity index (χ4n) is 3.16. The van der Waals surface area contributed by atoms with Crippen LogP contribution in [0.3, 0.4) is 0 Å². The van der Waals surface area contributed by atoms with Gasteiger partial charge in [0.2, 0.25) is 5.91 Å². The maximum Gasteiger partial charge on any atom is 0.244 e. The van der Waals surface area contributed by atoms with E-state index in [0.717, 1.165) is 11.1 Å². The van der Waals surface area contributed by atoms with Crippen molar-refractivity contribution >= 4 is 23.6 Å². The summed E-state index contributed by atoms with van der Waals surface area (Å²) >= 11 is 6.25. The molecule has 1 aliphatic heterocycles. The fraction of sp³-hybridized carbons (Fsp3) is 0.136. The number of halogens is 2. The first kappa shape index (κ1) is 19.1. The Balaban J connectivity index is 1.41. The van der Waals surface area contributed by atoms with Crippen molar-refractivity contribution in [2.24, 2.45) is 0 Å². The number of carbonyl (C=O) groups excluding carboxylic acids is 1. The number of hydrogen-bond donors (Lipinski definition) is 1. The number of benzene rings is 2. The number of rotatable bonds is 5. The van der Waals surface area contributed by atoms with E-state index < -0.39 is 0 Å². The average molecular weight is 410 g/mol. The quantitative estimate of drug-likeness (QED) is 0.645. The van der Waals surface area contributed by atoms with Crippen molar-refractivity contribution in [1.29, 1.82) is 0 Å². The molecule has 3 aromatic rings. The number of carbonyl (C=O) groups is 1. The van der Waals surface area contributed by atoms with E-state index in [0.29, 0.717) is 35.1 Å². The number of fused-ring (bicyclic) bond motifs is 1. The molecule has 4 rings (SSSR count). The largest absolute Gasteiger partial charge is 0.487 e. The van der Waals surface area contributed by atoms with Crippen LogP contribution in [0.15, 0.2) is 60.9 Å². The van der Waals surface area contributed by atoms with E-state index in [1.54, 1.807) is 42.7 Å². The fourth-order valence-corrected chi connectivity index (χ4v) is 3.40. The average Bonchev–Trinajstić information content (AvgIpc) is 3.14. The highest BCUT2D eigenvalue weighted by atomic mass is 35.5. The zero-order valence-corrected chi connectivity index (χ0v) is 16.1. The van der Waals surface area contributed by atoms with Gasteiger partial charge in [-0.2, -0.15) is 0 Å². The molecule has 2 heterocycles. The molecule has 0 saturated heterocycles. The molecule has 0 bridgehead atoms. The Morgan fingerprint density at radius 2 is 2.03 bits per heavy atom. The van der Waals surface area contributed by atoms with Crippen molar-refractivity contribution in [3.8, 4) is 17.1 Å². The Kier molecular flexibility index (Phi) is 5.53. The van der Waals surface area contributed by atoms with Crippen LogP contribution in [0.5, 0.6) is 5.75 Å². The van der Waals surface area contributed by atoms with Crippen molar-refractivity contribution in [1.82, 2.24) is 15.3 Å². The van der Waals surface area contributed by atoms with E-state index in [1.165, 1.54) is 18.2 Å². The Bertz CT molecular complexity index is 1070. The van der Waals surface area contributed by atoms with Crippen LogP contribution in [0.2, 0.25) is 5.02 Å². The number of aromatic nitrogens is 2. The molecule has 5 nitrogen and oxygen atoms in total. The summed E-state index contributed by atoms with van der Waals surface area (Å²) < 4.78 is 19.7. The summed E-state index contributed by atoms with van der Waals surface area (Å²) in [6.07, 6.45) is 6.43. The van der Waals surface area contributed by atoms with Gasteiger partial charge in [-0.15, -0.1) is 0 Å². The third kappa shape index (κ3) is 4.43. The summed E-state index contributed by atoms with van der Waals surface area (Å²) in [7, 11) is 0. The van der Waals surface area contributed by atoms with Crippen LogP contribution in [-0.4, -0.2) is 28.5 Å². The molecule has 1 amide bonds. The van der Waals surface area contributed by atoms with Crippen LogP contribution in [-0.2, 0) is 11.2 Å². The second kappa shape index (κ2) is 8.41. The standard InChI is InChI=1S/C22H17ClFN3O2/c23-16-10-15-11-17(29-21(15)18(12-16)22-25-8-3-9-26-22)13-27-20(28)7-6-14-4-1-2-5-19(14)24/h1-10,12,17H,11,13H2,(H,27,28)/b7-6+/t17-/m1/s1. The zero-order valence-electron chi connectivity index (χ0n) is 15.3. The van der Waals surface area contributed by atoms with E-state index in [-0.39, 0.29) is 17.8 Å². The maximum atomic E-state index is 13.6. The highest BCUT2D eigenvalue weighted by Gasteiger charge is 2.27. The van der Waals surface area contributed by atoms with Crippen molar-refractivity contribution in [3.05, 3.63) is 82.9 Å². The topological polar surface area (TPSA) is 64.1 Å². The minimum Gasteiger partial charge on any atom is -0.487 e. The molecule has 2 aromatic carbocycles. The van der Waals surface area contributed by atoms with Gasteiger partial charge in [0.15, 0.2) is 5.82 Å². The molecule has 0 unspecified atom stereocenters. The second-order valence-electron chi connectivity index (χ2n) is 6.56. The van der Waals surface area contributed by atoms with Gasteiger partial charge in [-0.05, 0) is 30.3 Å². The highest BCUT2D eigenvalue weighted by Crippen LogP contribution is 2.39. The van der Waals surface area contributed by atoms with Crippen LogP contribution in [0.25, 0.3) is 17.5 Å². The molecule has 0 fully saturated rings. The Hall–Kier alpha value is -3.25. The Labute approximate surface area is 172 Å². The molecule has 0 aliphatic carbocycles. The van der Waals surface area contributed by atoms with Gasteiger partial charge in [0.05, 0.1) is 12.1 Å². The lowest BCUT2D eigenvalue weighted by Gasteiger charge is -2.12. The summed E-state index contributed by atoms with van der Waals surface area (Å²) in [4.78, 5) is 20.6. The smallest absolute Gasteiger partial charge is 0.244 e. The van der Waals surface area contributed by atoms with Crippen LogP contribution < -0.4 is 10.1 Å². The van der Waals surface area contributed by atoms with Crippen molar-refractivity contribution < 1.29 is 13.9 Å². The normalized spacial score (nSPS) is 15.2. The van der Waals surface area contributed by atoms with E-state index >= 15 is 0 Å². The number of nitrogens with zero attached hydrogens (tertiary/aromatic N) is 2. The van der Waals surface area contributed by atoms with Crippen LogP contribution in [0.4, 0.5) is 4.39 Å². The summed E-state index contributed by atoms with van der Waals surface area (Å²) in [5.41, 5.74) is 2.02. The van der Waals surface area contributed by atoms with Gasteiger partial charge in [0, 0.05) is 41.0 Å². The monoisotopic (exact) mass is 409 g/mol. The number of ether oxygens (including phenoxy) is 1. The third-order valence-corrected chi connectivity index (χ3v) is 4.71. The number of hydrogen-bond acceptors (Lipinski definition) is 4. The van der Waals surface area contributed by atoms with Gasteiger partial charge in [0.25, 0.3) is 0 Å². The molecule has 1 atom stereocenters. The molecular formula is C22H17ClFN3O2. The van der Waals surface area contributed by atoms with Crippen molar-refractivity contribution in [2.45, 2.75) is 12.5 Å². The first-order valence-electron chi connectivity index (χ1n) is 9.07. The molecule has 1 aliphatic rings. The van der Waals surface area contributed by atoms with E-state index in [2.05, 4.69) is 15.3 Å². The lowest BCUT2D eigenvalue weighted by atomic mass is 10.1. The van der Waals surface area contributed by atoms with Crippen molar-refractivity contribution in [3.63, 3.8) is 0 Å². The van der Waals surface area contributed by atoms with Crippen molar-refractivity contribution in [2.75, 3.05) is 6.54 Å². The molecular weight excluding hydrogens is 393 g/mol. The minimum atomic E-state index is -0.376. The van der Waals surface area contributed by atoms with Crippen LogP contribution >= 0.6 is 11.6 Å². The minimum absolute atomic E-state index is 0.239. The second-order valence-corrected chi connectivity index (χ2v) is 6.99. The van der Waals surface area contributed by atoms with Gasteiger partial charge in [-0.3, -0.25) is 4.79 Å². The summed E-state index contributed by atoms with van der Waals surface area (Å²) in [6.45, 7) is 0.307. The molecule has 0 saturated carbocycles. The molecule has 0 radical (unpaired) electrons. The number of amides is 1. The first-order chi connectivity index (χ1) is 14.1. The summed E-state index contributed by atoms with van der Waals surface area (Å²) in [5.74, 6) is 0.515. The Morgan fingerprint density at radius 1 is 1.24 bits per heavy atom. The Morgan fingerprint density at radius 3 is 2.83 bits per heavy atom. The predicted molar refractivity (Wildman–Crippen MR) is 109 cm³/mol. The first-order valence-corrected chi connectivity index (χ1v) is 9.45. The summed E-state index contributed by atoms with van der Waals surface area (Å²) in [6, 6.07) is 11.6. The zero-order chi connectivity index (χ0) is 20.2. The molecule has 29 heavy (non-hydrogen) atoms. The lowest BCUT2D eigenvalue weighted by molar-refractivity contribution is -0.116. The lowest BCUT2D eigenvalue weighted by Crippen LogP contribution is -2.33. The van der Waals surface area contributed by atoms with Gasteiger partial charge >= 0.3 is 0 Å². The SMILES string of the molecule is O=C(/C=C/c1ccccc1F)NC[C@H]1Cc2cc(Cl)cc(-c3ncccn3)c2O1. The van der Waals surface area contributed by atoms with E-state index in [4.69, 9.17) is 16.3 Å². The summed E-state index contributed by atoms with van der Waals surface area (Å²) in [5, 5.41) is 3.36. The van der Waals surface area contributed by atoms with Crippen LogP contribution in [0.1, 0.15) is 11.1 Å². The molecule has 7 heteroatoms. The van der Waals surface area contributed by atoms with Gasteiger partial charge < -0.3 is 10.1 Å². The predicted octanol–water partition coefficient (Wildman–Crippen LogP) is 4.07. The molecule has 1 N–H and O–H groups in total. The highest BCUT2D eigenvalue weighted by molar-refractivity contribution is 6.31.